The maximum absolute atomic E-state index is 11.8. The first-order valence-corrected chi connectivity index (χ1v) is 7.15. The molecule has 0 aliphatic carbocycles. The van der Waals surface area contributed by atoms with Crippen molar-refractivity contribution in [3.63, 3.8) is 0 Å². The van der Waals surface area contributed by atoms with Crippen LogP contribution >= 0.6 is 0 Å². The fourth-order valence-corrected chi connectivity index (χ4v) is 1.92. The molecule has 6 nitrogen and oxygen atoms in total. The van der Waals surface area contributed by atoms with E-state index in [1.807, 2.05) is 44.2 Å². The lowest BCUT2D eigenvalue weighted by molar-refractivity contribution is -0.149. The fourth-order valence-electron chi connectivity index (χ4n) is 1.92. The molecule has 0 saturated carbocycles. The molecule has 0 fully saturated rings. The third-order valence-corrected chi connectivity index (χ3v) is 2.76. The lowest BCUT2D eigenvalue weighted by Crippen LogP contribution is -2.34. The van der Waals surface area contributed by atoms with Crippen molar-refractivity contribution < 1.29 is 19.1 Å². The number of nitrogens with one attached hydrogen (secondary N) is 2. The average molecular weight is 306 g/mol. The second-order valence-corrected chi connectivity index (χ2v) is 5.25. The number of benzene rings is 1. The van der Waals surface area contributed by atoms with Crippen LogP contribution in [-0.2, 0) is 19.1 Å². The average Bonchev–Trinajstić information content (AvgIpc) is 2.44. The molecule has 0 spiro atoms. The van der Waals surface area contributed by atoms with Crippen LogP contribution < -0.4 is 10.6 Å². The number of amides is 2. The standard InChI is InChI=1S/C16H22N2O4/c1-11(2)17-15(20)10-22-16(21)9-14(18-12(3)19)13-7-5-4-6-8-13/h4-8,11,14H,9-10H2,1-3H3,(H,17,20)(H,18,19)/t14-/m0/s1. The summed E-state index contributed by atoms with van der Waals surface area (Å²) in [6.07, 6.45) is -0.0292. The lowest BCUT2D eigenvalue weighted by atomic mass is 10.0. The Morgan fingerprint density at radius 3 is 2.27 bits per heavy atom. The number of carbonyl (C=O) groups is 3. The minimum atomic E-state index is -0.540. The molecule has 1 atom stereocenters. The van der Waals surface area contributed by atoms with E-state index >= 15 is 0 Å². The van der Waals surface area contributed by atoms with Gasteiger partial charge in [-0.05, 0) is 19.4 Å². The largest absolute Gasteiger partial charge is 0.456 e. The molecular formula is C16H22N2O4. The molecule has 0 heterocycles. The predicted molar refractivity (Wildman–Crippen MR) is 81.9 cm³/mol. The monoisotopic (exact) mass is 306 g/mol. The fraction of sp³-hybridized carbons (Fsp3) is 0.438. The van der Waals surface area contributed by atoms with Crippen molar-refractivity contribution in [1.29, 1.82) is 0 Å². The third-order valence-electron chi connectivity index (χ3n) is 2.76. The van der Waals surface area contributed by atoms with Crippen molar-refractivity contribution in [2.75, 3.05) is 6.61 Å². The summed E-state index contributed by atoms with van der Waals surface area (Å²) in [6.45, 7) is 4.71. The summed E-state index contributed by atoms with van der Waals surface area (Å²) in [5.74, 6) is -1.13. The molecule has 0 saturated heterocycles. The highest BCUT2D eigenvalue weighted by atomic mass is 16.5. The summed E-state index contributed by atoms with van der Waals surface area (Å²) < 4.78 is 4.94. The van der Waals surface area contributed by atoms with Gasteiger partial charge in [-0.2, -0.15) is 0 Å². The Hall–Kier alpha value is -2.37. The number of ether oxygens (including phenoxy) is 1. The third kappa shape index (κ3) is 6.88. The maximum atomic E-state index is 11.8. The van der Waals surface area contributed by atoms with Crippen LogP contribution in [0.2, 0.25) is 0 Å². The van der Waals surface area contributed by atoms with Gasteiger partial charge in [0.25, 0.3) is 5.91 Å². The van der Waals surface area contributed by atoms with Crippen molar-refractivity contribution in [2.45, 2.75) is 39.3 Å². The summed E-state index contributed by atoms with van der Waals surface area (Å²) in [6, 6.07) is 8.65. The van der Waals surface area contributed by atoms with Crippen molar-refractivity contribution in [3.05, 3.63) is 35.9 Å². The first-order valence-electron chi connectivity index (χ1n) is 7.15. The minimum Gasteiger partial charge on any atom is -0.456 e. The summed E-state index contributed by atoms with van der Waals surface area (Å²) >= 11 is 0. The first-order chi connectivity index (χ1) is 10.4. The van der Waals surface area contributed by atoms with Gasteiger partial charge in [0.1, 0.15) is 0 Å². The van der Waals surface area contributed by atoms with Crippen molar-refractivity contribution in [1.82, 2.24) is 10.6 Å². The molecule has 1 aromatic rings. The van der Waals surface area contributed by atoms with E-state index in [-0.39, 0.29) is 30.9 Å². The first kappa shape index (κ1) is 17.7. The van der Waals surface area contributed by atoms with E-state index in [2.05, 4.69) is 10.6 Å². The smallest absolute Gasteiger partial charge is 0.308 e. The molecule has 0 radical (unpaired) electrons. The molecule has 1 aromatic carbocycles. The van der Waals surface area contributed by atoms with Crippen LogP contribution in [0.25, 0.3) is 0 Å². The summed E-state index contributed by atoms with van der Waals surface area (Å²) in [5.41, 5.74) is 0.807. The van der Waals surface area contributed by atoms with Gasteiger partial charge in [0.05, 0.1) is 12.5 Å². The van der Waals surface area contributed by atoms with E-state index in [1.165, 1.54) is 6.92 Å². The normalized spacial score (nSPS) is 11.6. The Morgan fingerprint density at radius 1 is 1.09 bits per heavy atom. The molecule has 0 aliphatic rings. The highest BCUT2D eigenvalue weighted by Crippen LogP contribution is 2.17. The van der Waals surface area contributed by atoms with Crippen molar-refractivity contribution in [3.8, 4) is 0 Å². The van der Waals surface area contributed by atoms with Gasteiger partial charge in [-0.1, -0.05) is 30.3 Å². The van der Waals surface area contributed by atoms with E-state index in [1.54, 1.807) is 0 Å². The van der Waals surface area contributed by atoms with Crippen LogP contribution in [0.5, 0.6) is 0 Å². The van der Waals surface area contributed by atoms with Gasteiger partial charge >= 0.3 is 5.97 Å². The van der Waals surface area contributed by atoms with E-state index in [0.717, 1.165) is 5.56 Å². The number of esters is 1. The van der Waals surface area contributed by atoms with Crippen LogP contribution in [0.1, 0.15) is 38.8 Å². The van der Waals surface area contributed by atoms with E-state index in [9.17, 15) is 14.4 Å². The van der Waals surface area contributed by atoms with E-state index < -0.39 is 12.0 Å². The van der Waals surface area contributed by atoms with Crippen LogP contribution in [0.4, 0.5) is 0 Å². The zero-order valence-electron chi connectivity index (χ0n) is 13.1. The molecule has 0 bridgehead atoms. The number of hydrogen-bond acceptors (Lipinski definition) is 4. The topological polar surface area (TPSA) is 84.5 Å². The predicted octanol–water partition coefficient (Wildman–Crippen LogP) is 1.32. The summed E-state index contributed by atoms with van der Waals surface area (Å²) in [4.78, 5) is 34.5. The Bertz CT molecular complexity index is 514. The second kappa shape index (κ2) is 8.81. The zero-order valence-corrected chi connectivity index (χ0v) is 13.1. The minimum absolute atomic E-state index is 0.0114. The second-order valence-electron chi connectivity index (χ2n) is 5.25. The van der Waals surface area contributed by atoms with E-state index in [4.69, 9.17) is 4.74 Å². The van der Waals surface area contributed by atoms with Crippen LogP contribution in [0.3, 0.4) is 0 Å². The van der Waals surface area contributed by atoms with Crippen LogP contribution in [0, 0.1) is 0 Å². The molecule has 22 heavy (non-hydrogen) atoms. The Labute approximate surface area is 130 Å². The highest BCUT2D eigenvalue weighted by Gasteiger charge is 2.18. The van der Waals surface area contributed by atoms with Crippen molar-refractivity contribution >= 4 is 17.8 Å². The maximum Gasteiger partial charge on any atom is 0.308 e. The number of rotatable bonds is 7. The van der Waals surface area contributed by atoms with Gasteiger partial charge in [-0.15, -0.1) is 0 Å². The van der Waals surface area contributed by atoms with Crippen molar-refractivity contribution in [2.24, 2.45) is 0 Å². The molecule has 2 N–H and O–H groups in total. The molecule has 1 rings (SSSR count). The van der Waals surface area contributed by atoms with Gasteiger partial charge in [0.2, 0.25) is 5.91 Å². The summed E-state index contributed by atoms with van der Waals surface area (Å²) in [7, 11) is 0. The SMILES string of the molecule is CC(=O)N[C@@H](CC(=O)OCC(=O)NC(C)C)c1ccccc1. The molecule has 0 aromatic heterocycles. The van der Waals surface area contributed by atoms with Gasteiger partial charge in [0.15, 0.2) is 6.61 Å². The van der Waals surface area contributed by atoms with Gasteiger partial charge < -0.3 is 15.4 Å². The Morgan fingerprint density at radius 2 is 1.73 bits per heavy atom. The Kier molecular flexibility index (Phi) is 7.08. The molecule has 0 aliphatic heterocycles. The number of hydrogen-bond donors (Lipinski definition) is 2. The molecular weight excluding hydrogens is 284 g/mol. The molecule has 2 amide bonds. The van der Waals surface area contributed by atoms with E-state index in [0.29, 0.717) is 0 Å². The zero-order chi connectivity index (χ0) is 16.5. The van der Waals surface area contributed by atoms with Gasteiger partial charge in [-0.25, -0.2) is 0 Å². The van der Waals surface area contributed by atoms with Gasteiger partial charge in [-0.3, -0.25) is 14.4 Å². The molecule has 6 heteroatoms. The highest BCUT2D eigenvalue weighted by molar-refractivity contribution is 5.81. The van der Waals surface area contributed by atoms with Crippen LogP contribution in [-0.4, -0.2) is 30.4 Å². The van der Waals surface area contributed by atoms with Gasteiger partial charge in [0, 0.05) is 13.0 Å². The molecule has 120 valence electrons. The quantitative estimate of drug-likeness (QED) is 0.744. The molecule has 0 unspecified atom stereocenters. The lowest BCUT2D eigenvalue weighted by Gasteiger charge is -2.17. The summed E-state index contributed by atoms with van der Waals surface area (Å²) in [5, 5.41) is 5.34. The number of carbonyl (C=O) groups excluding carboxylic acids is 3. The Balaban J connectivity index is 2.57. The van der Waals surface area contributed by atoms with Crippen LogP contribution in [0.15, 0.2) is 30.3 Å².